The summed E-state index contributed by atoms with van der Waals surface area (Å²) < 4.78 is 25.1. The second-order valence-corrected chi connectivity index (χ2v) is 9.28. The molecule has 120 valence electrons. The lowest BCUT2D eigenvalue weighted by molar-refractivity contribution is 0.148. The minimum Gasteiger partial charge on any atom is -0.391 e. The maximum Gasteiger partial charge on any atom is 0.214 e. The van der Waals surface area contributed by atoms with E-state index in [-0.39, 0.29) is 11.7 Å². The van der Waals surface area contributed by atoms with Gasteiger partial charge in [-0.25, -0.2) is 12.7 Å². The van der Waals surface area contributed by atoms with E-state index < -0.39 is 16.1 Å². The van der Waals surface area contributed by atoms with Gasteiger partial charge in [-0.1, -0.05) is 6.92 Å². The van der Waals surface area contributed by atoms with Crippen LogP contribution in [0, 0.1) is 5.92 Å². The number of hydrogen-bond acceptors (Lipinski definition) is 5. The van der Waals surface area contributed by atoms with Crippen LogP contribution in [0.3, 0.4) is 0 Å². The van der Waals surface area contributed by atoms with Crippen LogP contribution in [0.2, 0.25) is 0 Å². The Balaban J connectivity index is 1.94. The molecule has 7 heteroatoms. The average Bonchev–Trinajstić information content (AvgIpc) is 2.97. The Hall–Kier alpha value is -0.470. The molecule has 21 heavy (non-hydrogen) atoms. The fraction of sp³-hybridized carbons (Fsp3) is 0.714. The summed E-state index contributed by atoms with van der Waals surface area (Å²) in [4.78, 5) is 4.78. The van der Waals surface area contributed by atoms with E-state index in [1.54, 1.807) is 11.3 Å². The summed E-state index contributed by atoms with van der Waals surface area (Å²) in [5, 5.41) is 10.1. The van der Waals surface area contributed by atoms with Crippen molar-refractivity contribution in [3.63, 3.8) is 0 Å². The van der Waals surface area contributed by atoms with Gasteiger partial charge in [-0.2, -0.15) is 0 Å². The summed E-state index contributed by atoms with van der Waals surface area (Å²) in [6, 6.07) is 4.26. The minimum atomic E-state index is -3.26. The lowest BCUT2D eigenvalue weighted by Gasteiger charge is -2.17. The highest BCUT2D eigenvalue weighted by molar-refractivity contribution is 7.89. The van der Waals surface area contributed by atoms with Crippen molar-refractivity contribution in [2.24, 2.45) is 5.92 Å². The van der Waals surface area contributed by atoms with E-state index in [9.17, 15) is 13.5 Å². The molecule has 0 aliphatic carbocycles. The Kier molecular flexibility index (Phi) is 5.43. The number of likely N-dealkylation sites (tertiary alicyclic amines) is 1. The van der Waals surface area contributed by atoms with Crippen LogP contribution in [0.1, 0.15) is 16.7 Å². The summed E-state index contributed by atoms with van der Waals surface area (Å²) in [7, 11) is -0.193. The van der Waals surface area contributed by atoms with Crippen molar-refractivity contribution < 1.29 is 13.5 Å². The van der Waals surface area contributed by atoms with Gasteiger partial charge < -0.3 is 5.11 Å². The molecule has 1 aromatic heterocycles. The van der Waals surface area contributed by atoms with Crippen molar-refractivity contribution in [3.05, 3.63) is 21.9 Å². The normalized spacial score (nSPS) is 24.0. The molecule has 1 aliphatic heterocycles. The van der Waals surface area contributed by atoms with Crippen LogP contribution in [-0.4, -0.2) is 61.8 Å². The number of hydrogen-bond donors (Lipinski definition) is 1. The molecule has 1 N–H and O–H groups in total. The summed E-state index contributed by atoms with van der Waals surface area (Å²) in [5.41, 5.74) is 0. The molecule has 0 unspecified atom stereocenters. The van der Waals surface area contributed by atoms with Gasteiger partial charge >= 0.3 is 0 Å². The first-order valence-electron chi connectivity index (χ1n) is 7.20. The predicted octanol–water partition coefficient (Wildman–Crippen LogP) is 0.995. The van der Waals surface area contributed by atoms with Crippen LogP contribution in [0.15, 0.2) is 12.1 Å². The fourth-order valence-electron chi connectivity index (χ4n) is 2.57. The number of β-amino-alcohol motifs (C(OH)–C–C–N with tert-alkyl or cyclic N) is 1. The van der Waals surface area contributed by atoms with Crippen molar-refractivity contribution in [2.45, 2.75) is 26.0 Å². The van der Waals surface area contributed by atoms with Gasteiger partial charge in [0.05, 0.1) is 11.9 Å². The van der Waals surface area contributed by atoms with Crippen molar-refractivity contribution in [2.75, 3.05) is 32.9 Å². The highest BCUT2D eigenvalue weighted by Gasteiger charge is 2.35. The number of nitrogens with zero attached hydrogens (tertiary/aromatic N) is 2. The summed E-state index contributed by atoms with van der Waals surface area (Å²) >= 11 is 1.79. The molecule has 2 rings (SSSR count). The monoisotopic (exact) mass is 332 g/mol. The van der Waals surface area contributed by atoms with Crippen LogP contribution >= 0.6 is 11.3 Å². The summed E-state index contributed by atoms with van der Waals surface area (Å²) in [5.74, 6) is -0.189. The molecule has 1 aromatic rings. The van der Waals surface area contributed by atoms with Gasteiger partial charge in [0.25, 0.3) is 0 Å². The fourth-order valence-corrected chi connectivity index (χ4v) is 4.74. The Bertz CT molecular complexity index is 569. The quantitative estimate of drug-likeness (QED) is 0.844. The van der Waals surface area contributed by atoms with Crippen LogP contribution in [-0.2, 0) is 23.0 Å². The molecule has 0 amide bonds. The number of aryl methyl sites for hydroxylation is 1. The Morgan fingerprint density at radius 1 is 1.33 bits per heavy atom. The van der Waals surface area contributed by atoms with Crippen LogP contribution in [0.4, 0.5) is 0 Å². The van der Waals surface area contributed by atoms with Crippen LogP contribution in [0.5, 0.6) is 0 Å². The molecule has 0 aromatic carbocycles. The third-order valence-corrected chi connectivity index (χ3v) is 7.08. The zero-order chi connectivity index (χ0) is 15.6. The van der Waals surface area contributed by atoms with E-state index in [2.05, 4.69) is 24.0 Å². The van der Waals surface area contributed by atoms with Gasteiger partial charge in [0.1, 0.15) is 0 Å². The zero-order valence-electron chi connectivity index (χ0n) is 12.8. The van der Waals surface area contributed by atoms with Gasteiger partial charge in [0.15, 0.2) is 0 Å². The zero-order valence-corrected chi connectivity index (χ0v) is 14.5. The van der Waals surface area contributed by atoms with Crippen molar-refractivity contribution in [1.82, 2.24) is 9.21 Å². The molecule has 0 bridgehead atoms. The van der Waals surface area contributed by atoms with E-state index in [4.69, 9.17) is 0 Å². The largest absolute Gasteiger partial charge is 0.391 e. The highest BCUT2D eigenvalue weighted by Crippen LogP contribution is 2.24. The molecular formula is C14H24N2O3S2. The Morgan fingerprint density at radius 2 is 2.00 bits per heavy atom. The van der Waals surface area contributed by atoms with E-state index in [1.807, 2.05) is 0 Å². The lowest BCUT2D eigenvalue weighted by atomic mass is 10.1. The number of rotatable bonds is 6. The van der Waals surface area contributed by atoms with Crippen molar-refractivity contribution in [3.8, 4) is 0 Å². The van der Waals surface area contributed by atoms with Crippen molar-refractivity contribution in [1.29, 1.82) is 0 Å². The van der Waals surface area contributed by atoms with E-state index in [0.717, 1.165) is 13.0 Å². The SMILES string of the molecule is CCc1ccc(CN2C[C@@H](CS(=O)(=O)N(C)C)[C@@H](O)C2)s1. The molecule has 1 aliphatic rings. The van der Waals surface area contributed by atoms with Gasteiger partial charge in [-0.05, 0) is 18.6 Å². The number of thiophene rings is 1. The average molecular weight is 332 g/mol. The maximum atomic E-state index is 11.9. The van der Waals surface area contributed by atoms with E-state index in [0.29, 0.717) is 13.1 Å². The molecule has 1 fully saturated rings. The summed E-state index contributed by atoms with van der Waals surface area (Å²) in [6.45, 7) is 4.11. The smallest absolute Gasteiger partial charge is 0.214 e. The second-order valence-electron chi connectivity index (χ2n) is 5.80. The highest BCUT2D eigenvalue weighted by atomic mass is 32.2. The predicted molar refractivity (Wildman–Crippen MR) is 85.9 cm³/mol. The topological polar surface area (TPSA) is 60.9 Å². The van der Waals surface area contributed by atoms with Crippen LogP contribution < -0.4 is 0 Å². The molecule has 2 heterocycles. The first kappa shape index (κ1) is 16.9. The lowest BCUT2D eigenvalue weighted by Crippen LogP contribution is -2.33. The Morgan fingerprint density at radius 3 is 2.57 bits per heavy atom. The number of sulfonamides is 1. The molecule has 0 saturated carbocycles. The van der Waals surface area contributed by atoms with Crippen molar-refractivity contribution >= 4 is 21.4 Å². The van der Waals surface area contributed by atoms with Gasteiger partial charge in [-0.3, -0.25) is 4.90 Å². The molecule has 1 saturated heterocycles. The Labute approximate surface area is 131 Å². The third kappa shape index (κ3) is 4.26. The third-order valence-electron chi connectivity index (χ3n) is 3.91. The van der Waals surface area contributed by atoms with Crippen LogP contribution in [0.25, 0.3) is 0 Å². The standard InChI is InChI=1S/C14H24N2O3S2/c1-4-12-5-6-13(20-12)8-16-7-11(14(17)9-16)10-21(18,19)15(2)3/h5-6,11,14,17H,4,7-10H2,1-3H3/t11-,14-/m0/s1. The molecular weight excluding hydrogens is 308 g/mol. The summed E-state index contributed by atoms with van der Waals surface area (Å²) in [6.07, 6.45) is 0.474. The maximum absolute atomic E-state index is 11.9. The number of aliphatic hydroxyl groups is 1. The molecule has 0 spiro atoms. The van der Waals surface area contributed by atoms with E-state index >= 15 is 0 Å². The number of aliphatic hydroxyl groups excluding tert-OH is 1. The second kappa shape index (κ2) is 6.75. The first-order chi connectivity index (χ1) is 9.81. The molecule has 5 nitrogen and oxygen atoms in total. The minimum absolute atomic E-state index is 0.0162. The first-order valence-corrected chi connectivity index (χ1v) is 9.62. The van der Waals surface area contributed by atoms with Gasteiger partial charge in [-0.15, -0.1) is 11.3 Å². The van der Waals surface area contributed by atoms with Gasteiger partial charge in [0, 0.05) is 49.4 Å². The van der Waals surface area contributed by atoms with E-state index in [1.165, 1.54) is 28.2 Å². The molecule has 0 radical (unpaired) electrons. The van der Waals surface area contributed by atoms with Gasteiger partial charge in [0.2, 0.25) is 10.0 Å². The molecule has 2 atom stereocenters.